The number of carbonyl (C=O) groups is 2. The van der Waals surface area contributed by atoms with Crippen LogP contribution in [0.15, 0.2) is 18.2 Å². The van der Waals surface area contributed by atoms with Crippen LogP contribution in [0.4, 0.5) is 0 Å². The van der Waals surface area contributed by atoms with Crippen molar-refractivity contribution in [3.8, 4) is 17.2 Å². The third-order valence-corrected chi connectivity index (χ3v) is 8.99. The molecule has 2 aliphatic carbocycles. The molecule has 7 unspecified atom stereocenters. The highest BCUT2D eigenvalue weighted by atomic mass is 35.5. The number of likely N-dealkylation sites (N-methyl/N-ethyl adjacent to an activating group) is 1. The summed E-state index contributed by atoms with van der Waals surface area (Å²) in [4.78, 5) is 29.6. The maximum atomic E-state index is 13.8. The van der Waals surface area contributed by atoms with Crippen LogP contribution in [0.3, 0.4) is 0 Å². The Kier molecular flexibility index (Phi) is 9.98. The summed E-state index contributed by atoms with van der Waals surface area (Å²) in [6.07, 6.45) is -3.55. The first-order valence-electron chi connectivity index (χ1n) is 14.5. The SMILES string of the molecule is COc1cccc2c1C(=O)c1c(O)c3c(c(O)c1C2=O)CC(O)(C(C)NCCN(C)C)CC3OC1CC(N)C(O)C(C)O1.Cl. The monoisotopic (exact) mass is 635 g/mol. The number of hydrogen-bond donors (Lipinski definition) is 6. The van der Waals surface area contributed by atoms with Crippen molar-refractivity contribution in [3.63, 3.8) is 0 Å². The zero-order valence-corrected chi connectivity index (χ0v) is 26.3. The van der Waals surface area contributed by atoms with E-state index in [-0.39, 0.29) is 70.8 Å². The Morgan fingerprint density at radius 3 is 2.48 bits per heavy atom. The quantitative estimate of drug-likeness (QED) is 0.196. The molecule has 1 fully saturated rings. The minimum atomic E-state index is -1.49. The lowest BCUT2D eigenvalue weighted by molar-refractivity contribution is -0.248. The van der Waals surface area contributed by atoms with Gasteiger partial charge in [0.15, 0.2) is 12.1 Å². The van der Waals surface area contributed by atoms with Gasteiger partial charge in [-0.1, -0.05) is 12.1 Å². The van der Waals surface area contributed by atoms with Crippen LogP contribution in [0.5, 0.6) is 17.2 Å². The first kappa shape index (κ1) is 34.1. The van der Waals surface area contributed by atoms with E-state index in [1.165, 1.54) is 13.2 Å². The fourth-order valence-electron chi connectivity index (χ4n) is 6.44. The van der Waals surface area contributed by atoms with Crippen LogP contribution in [0.25, 0.3) is 0 Å². The van der Waals surface area contributed by atoms with Crippen LogP contribution in [0, 0.1) is 0 Å². The van der Waals surface area contributed by atoms with Crippen LogP contribution < -0.4 is 15.8 Å². The summed E-state index contributed by atoms with van der Waals surface area (Å²) < 4.78 is 17.6. The highest BCUT2D eigenvalue weighted by molar-refractivity contribution is 6.31. The number of ether oxygens (including phenoxy) is 3. The van der Waals surface area contributed by atoms with Crippen molar-refractivity contribution in [2.75, 3.05) is 34.3 Å². The third-order valence-electron chi connectivity index (χ3n) is 8.99. The van der Waals surface area contributed by atoms with Gasteiger partial charge in [-0.15, -0.1) is 12.4 Å². The average Bonchev–Trinajstić information content (AvgIpc) is 2.95. The number of benzene rings is 2. The molecule has 12 nitrogen and oxygen atoms in total. The van der Waals surface area contributed by atoms with E-state index in [2.05, 4.69) is 5.32 Å². The van der Waals surface area contributed by atoms with E-state index in [9.17, 15) is 30.0 Å². The zero-order chi connectivity index (χ0) is 31.4. The van der Waals surface area contributed by atoms with Crippen LogP contribution >= 0.6 is 12.4 Å². The van der Waals surface area contributed by atoms with Crippen LogP contribution in [0.2, 0.25) is 0 Å². The predicted molar refractivity (Wildman–Crippen MR) is 163 cm³/mol. The highest BCUT2D eigenvalue weighted by Crippen LogP contribution is 2.53. The maximum Gasteiger partial charge on any atom is 0.202 e. The third kappa shape index (κ3) is 5.81. The summed E-state index contributed by atoms with van der Waals surface area (Å²) in [7, 11) is 5.24. The van der Waals surface area contributed by atoms with E-state index in [1.54, 1.807) is 19.1 Å². The molecule has 13 heteroatoms. The van der Waals surface area contributed by atoms with E-state index < -0.39 is 65.4 Å². The number of phenolic OH excluding ortho intramolecular Hbond substituents is 2. The number of nitrogens with two attached hydrogens (primary N) is 1. The lowest BCUT2D eigenvalue weighted by Crippen LogP contribution is -2.55. The van der Waals surface area contributed by atoms with Crippen molar-refractivity contribution in [1.29, 1.82) is 0 Å². The molecule has 0 bridgehead atoms. The van der Waals surface area contributed by atoms with Crippen LogP contribution in [-0.2, 0) is 15.9 Å². The first-order chi connectivity index (χ1) is 20.3. The topological polar surface area (TPSA) is 184 Å². The number of aliphatic hydroxyl groups excluding tert-OH is 1. The van der Waals surface area contributed by atoms with Crippen molar-refractivity contribution < 1.29 is 44.2 Å². The molecule has 1 heterocycles. The number of fused-ring (bicyclic) bond motifs is 3. The molecule has 0 spiro atoms. The number of ketones is 2. The number of aromatic hydroxyl groups is 2. The largest absolute Gasteiger partial charge is 0.507 e. The van der Waals surface area contributed by atoms with Gasteiger partial charge >= 0.3 is 0 Å². The van der Waals surface area contributed by atoms with Gasteiger partial charge in [-0.3, -0.25) is 9.59 Å². The van der Waals surface area contributed by atoms with Crippen molar-refractivity contribution >= 4 is 24.0 Å². The number of halogens is 1. The first-order valence-corrected chi connectivity index (χ1v) is 14.5. The van der Waals surface area contributed by atoms with E-state index >= 15 is 0 Å². The molecular weight excluding hydrogens is 594 g/mol. The molecule has 1 aliphatic heterocycles. The van der Waals surface area contributed by atoms with Gasteiger partial charge < -0.3 is 50.6 Å². The second-order valence-electron chi connectivity index (χ2n) is 12.1. The molecule has 2 aromatic carbocycles. The number of rotatable bonds is 8. The summed E-state index contributed by atoms with van der Waals surface area (Å²) in [5.41, 5.74) is 4.20. The van der Waals surface area contributed by atoms with Crippen molar-refractivity contribution in [1.82, 2.24) is 10.2 Å². The second-order valence-corrected chi connectivity index (χ2v) is 12.1. The molecule has 5 rings (SSSR count). The van der Waals surface area contributed by atoms with E-state index in [0.29, 0.717) is 13.1 Å². The van der Waals surface area contributed by atoms with Gasteiger partial charge in [-0.05, 0) is 34.0 Å². The van der Waals surface area contributed by atoms with E-state index in [1.807, 2.05) is 25.9 Å². The van der Waals surface area contributed by atoms with Gasteiger partial charge in [0.05, 0.1) is 47.7 Å². The molecule has 7 N–H and O–H groups in total. The second kappa shape index (κ2) is 12.9. The molecule has 0 radical (unpaired) electrons. The lowest BCUT2D eigenvalue weighted by Gasteiger charge is -2.45. The smallest absolute Gasteiger partial charge is 0.202 e. The standard InChI is InChI=1S/C31H41N3O9.ClH/c1-14-26(35)18(32)11-21(42-14)43-20-13-31(40,15(2)33-9-10-34(3)4)12-17-23(20)30(39)25-24(28(17)37)27(36)16-7-6-8-19(41-5)22(16)29(25)38;/h6-8,14-15,18,20-21,26,33,35,37,39-40H,9-13,32H2,1-5H3;1H. The lowest BCUT2D eigenvalue weighted by atomic mass is 9.71. The predicted octanol–water partition coefficient (Wildman–Crippen LogP) is 1.40. The molecule has 7 atom stereocenters. The maximum absolute atomic E-state index is 13.8. The normalized spacial score (nSPS) is 28.5. The number of methoxy groups -OCH3 is 1. The Balaban J connectivity index is 0.00000442. The van der Waals surface area contributed by atoms with Gasteiger partial charge in [0.25, 0.3) is 0 Å². The Labute approximate surface area is 262 Å². The molecule has 1 saturated heterocycles. The summed E-state index contributed by atoms with van der Waals surface area (Å²) in [6.45, 7) is 4.76. The molecular formula is C31H42ClN3O9. The molecule has 3 aliphatic rings. The van der Waals surface area contributed by atoms with Crippen molar-refractivity contribution in [2.45, 2.75) is 75.4 Å². The Morgan fingerprint density at radius 2 is 1.84 bits per heavy atom. The summed E-state index contributed by atoms with van der Waals surface area (Å²) in [5.74, 6) is -2.16. The number of aliphatic hydroxyl groups is 2. The van der Waals surface area contributed by atoms with Gasteiger partial charge in [-0.2, -0.15) is 0 Å². The Morgan fingerprint density at radius 1 is 1.16 bits per heavy atom. The molecule has 0 aromatic heterocycles. The molecule has 44 heavy (non-hydrogen) atoms. The highest BCUT2D eigenvalue weighted by Gasteiger charge is 2.49. The molecule has 242 valence electrons. The number of carbonyl (C=O) groups excluding carboxylic acids is 2. The fourth-order valence-corrected chi connectivity index (χ4v) is 6.44. The number of hydrogen-bond acceptors (Lipinski definition) is 12. The van der Waals surface area contributed by atoms with E-state index in [0.717, 1.165) is 0 Å². The van der Waals surface area contributed by atoms with Crippen molar-refractivity contribution in [2.24, 2.45) is 5.73 Å². The number of nitrogens with one attached hydrogen (secondary N) is 1. The molecule has 0 amide bonds. The Hall–Kier alpha value is -2.81. The fraction of sp³-hybridized carbons (Fsp3) is 0.548. The molecule has 0 saturated carbocycles. The van der Waals surface area contributed by atoms with Crippen LogP contribution in [0.1, 0.15) is 75.8 Å². The van der Waals surface area contributed by atoms with Gasteiger partial charge in [0.2, 0.25) is 5.78 Å². The number of nitrogens with zero attached hydrogens (tertiary/aromatic N) is 1. The summed E-state index contributed by atoms with van der Waals surface area (Å²) in [6, 6.07) is 3.44. The van der Waals surface area contributed by atoms with Crippen LogP contribution in [-0.4, -0.2) is 107 Å². The minimum Gasteiger partial charge on any atom is -0.507 e. The Bertz CT molecular complexity index is 1420. The van der Waals surface area contributed by atoms with Gasteiger partial charge in [-0.25, -0.2) is 0 Å². The summed E-state index contributed by atoms with van der Waals surface area (Å²) in [5, 5.41) is 49.0. The van der Waals surface area contributed by atoms with Gasteiger partial charge in [0, 0.05) is 61.1 Å². The number of phenols is 2. The average molecular weight is 636 g/mol. The minimum absolute atomic E-state index is 0. The zero-order valence-electron chi connectivity index (χ0n) is 25.5. The van der Waals surface area contributed by atoms with Gasteiger partial charge in [0.1, 0.15) is 17.2 Å². The van der Waals surface area contributed by atoms with E-state index in [4.69, 9.17) is 19.9 Å². The summed E-state index contributed by atoms with van der Waals surface area (Å²) >= 11 is 0. The van der Waals surface area contributed by atoms with Crippen molar-refractivity contribution in [3.05, 3.63) is 51.6 Å². The molecule has 2 aromatic rings.